The Kier molecular flexibility index (Phi) is 4.60. The average Bonchev–Trinajstić information content (AvgIpc) is 2.65. The molecule has 0 spiro atoms. The summed E-state index contributed by atoms with van der Waals surface area (Å²) in [5, 5.41) is 6.46. The topological polar surface area (TPSA) is 39.7 Å². The van der Waals surface area contributed by atoms with E-state index in [0.717, 1.165) is 45.2 Å². The van der Waals surface area contributed by atoms with Crippen LogP contribution in [0.25, 0.3) is 0 Å². The summed E-state index contributed by atoms with van der Waals surface area (Å²) in [4.78, 5) is 6.65. The molecule has 0 amide bonds. The molecule has 0 fully saturated rings. The fourth-order valence-corrected chi connectivity index (χ4v) is 1.39. The van der Waals surface area contributed by atoms with Gasteiger partial charge in [0.2, 0.25) is 0 Å². The number of hydrogen-bond acceptors (Lipinski definition) is 4. The average molecular weight is 184 g/mol. The van der Waals surface area contributed by atoms with E-state index in [-0.39, 0.29) is 0 Å². The van der Waals surface area contributed by atoms with Crippen molar-refractivity contribution in [2.45, 2.75) is 13.8 Å². The fraction of sp³-hybridized carbons (Fsp3) is 0.889. The second-order valence-electron chi connectivity index (χ2n) is 3.11. The van der Waals surface area contributed by atoms with Gasteiger partial charge in [-0.25, -0.2) is 0 Å². The largest absolute Gasteiger partial charge is 0.355 e. The molecule has 0 unspecified atom stereocenters. The van der Waals surface area contributed by atoms with Crippen LogP contribution in [-0.4, -0.2) is 50.1 Å². The van der Waals surface area contributed by atoms with Crippen LogP contribution in [0.2, 0.25) is 0 Å². The highest BCUT2D eigenvalue weighted by molar-refractivity contribution is 5.81. The molecule has 1 heterocycles. The van der Waals surface area contributed by atoms with Crippen molar-refractivity contribution in [3.05, 3.63) is 0 Å². The summed E-state index contributed by atoms with van der Waals surface area (Å²) in [7, 11) is 0. The summed E-state index contributed by atoms with van der Waals surface area (Å²) < 4.78 is 0. The Labute approximate surface area is 80.4 Å². The van der Waals surface area contributed by atoms with E-state index < -0.39 is 0 Å². The van der Waals surface area contributed by atoms with Crippen LogP contribution in [0.4, 0.5) is 0 Å². The summed E-state index contributed by atoms with van der Waals surface area (Å²) in [6.07, 6.45) is 0. The highest BCUT2D eigenvalue weighted by Gasteiger charge is 2.03. The number of rotatable bonds is 5. The molecule has 1 aliphatic rings. The van der Waals surface area contributed by atoms with Crippen LogP contribution in [0.5, 0.6) is 0 Å². The fourth-order valence-electron chi connectivity index (χ4n) is 1.39. The standard InChI is InChI=1S/C9H20N4/c1-3-13(4-2)8-7-12-9-10-5-6-11-9/h3-8H2,1-2H3,(H2,10,11,12). The molecule has 0 atom stereocenters. The Morgan fingerprint density at radius 1 is 1.46 bits per heavy atom. The molecule has 4 heteroatoms. The molecule has 1 rings (SSSR count). The predicted octanol–water partition coefficient (Wildman–Crippen LogP) is -0.123. The lowest BCUT2D eigenvalue weighted by Gasteiger charge is -2.18. The van der Waals surface area contributed by atoms with Crippen molar-refractivity contribution in [3.8, 4) is 0 Å². The van der Waals surface area contributed by atoms with Crippen molar-refractivity contribution in [1.82, 2.24) is 15.5 Å². The molecule has 0 saturated carbocycles. The third-order valence-corrected chi connectivity index (χ3v) is 2.29. The lowest BCUT2D eigenvalue weighted by atomic mass is 10.4. The normalized spacial score (nSPS) is 15.8. The minimum atomic E-state index is 0.910. The summed E-state index contributed by atoms with van der Waals surface area (Å²) in [6, 6.07) is 0. The number of nitrogens with zero attached hydrogens (tertiary/aromatic N) is 2. The van der Waals surface area contributed by atoms with Crippen molar-refractivity contribution < 1.29 is 0 Å². The zero-order chi connectivity index (χ0) is 9.52. The molecule has 0 aromatic heterocycles. The summed E-state index contributed by atoms with van der Waals surface area (Å²) in [6.45, 7) is 10.6. The van der Waals surface area contributed by atoms with Gasteiger partial charge in [-0.05, 0) is 13.1 Å². The van der Waals surface area contributed by atoms with Gasteiger partial charge in [0, 0.05) is 19.6 Å². The maximum atomic E-state index is 4.26. The van der Waals surface area contributed by atoms with Crippen molar-refractivity contribution >= 4 is 5.96 Å². The Morgan fingerprint density at radius 3 is 2.77 bits per heavy atom. The Bertz CT molecular complexity index is 163. The first-order valence-corrected chi connectivity index (χ1v) is 5.11. The molecular formula is C9H20N4. The second-order valence-corrected chi connectivity index (χ2v) is 3.11. The van der Waals surface area contributed by atoms with Crippen LogP contribution in [0.15, 0.2) is 4.99 Å². The van der Waals surface area contributed by atoms with E-state index in [0.29, 0.717) is 0 Å². The van der Waals surface area contributed by atoms with E-state index in [1.807, 2.05) is 0 Å². The van der Waals surface area contributed by atoms with Gasteiger partial charge in [0.1, 0.15) is 0 Å². The van der Waals surface area contributed by atoms with Crippen LogP contribution in [0.3, 0.4) is 0 Å². The highest BCUT2D eigenvalue weighted by Crippen LogP contribution is 1.85. The third-order valence-electron chi connectivity index (χ3n) is 2.29. The monoisotopic (exact) mass is 184 g/mol. The van der Waals surface area contributed by atoms with E-state index in [1.165, 1.54) is 0 Å². The molecule has 0 radical (unpaired) electrons. The minimum absolute atomic E-state index is 0.910. The maximum Gasteiger partial charge on any atom is 0.191 e. The van der Waals surface area contributed by atoms with Gasteiger partial charge < -0.3 is 15.5 Å². The third kappa shape index (κ3) is 3.63. The molecule has 13 heavy (non-hydrogen) atoms. The second kappa shape index (κ2) is 5.80. The molecule has 2 N–H and O–H groups in total. The van der Waals surface area contributed by atoms with Gasteiger partial charge in [-0.3, -0.25) is 4.99 Å². The van der Waals surface area contributed by atoms with Crippen LogP contribution < -0.4 is 10.6 Å². The summed E-state index contributed by atoms with van der Waals surface area (Å²) >= 11 is 0. The van der Waals surface area contributed by atoms with E-state index in [2.05, 4.69) is 34.4 Å². The minimum Gasteiger partial charge on any atom is -0.355 e. The number of guanidine groups is 1. The van der Waals surface area contributed by atoms with Crippen molar-refractivity contribution in [1.29, 1.82) is 0 Å². The van der Waals surface area contributed by atoms with Gasteiger partial charge in [0.25, 0.3) is 0 Å². The Balaban J connectivity index is 2.05. The molecular weight excluding hydrogens is 164 g/mol. The van der Waals surface area contributed by atoms with Crippen LogP contribution >= 0.6 is 0 Å². The first kappa shape index (κ1) is 10.3. The van der Waals surface area contributed by atoms with Crippen molar-refractivity contribution in [2.24, 2.45) is 4.99 Å². The molecule has 0 aromatic rings. The lowest BCUT2D eigenvalue weighted by molar-refractivity contribution is 0.308. The van der Waals surface area contributed by atoms with Crippen LogP contribution in [-0.2, 0) is 0 Å². The van der Waals surface area contributed by atoms with E-state index in [9.17, 15) is 0 Å². The lowest BCUT2D eigenvalue weighted by Crippen LogP contribution is -2.39. The predicted molar refractivity (Wildman–Crippen MR) is 56.1 cm³/mol. The molecule has 0 aliphatic carbocycles. The first-order valence-electron chi connectivity index (χ1n) is 5.11. The van der Waals surface area contributed by atoms with Crippen LogP contribution in [0.1, 0.15) is 13.8 Å². The highest BCUT2D eigenvalue weighted by atomic mass is 15.2. The van der Waals surface area contributed by atoms with Crippen molar-refractivity contribution in [2.75, 3.05) is 39.3 Å². The SMILES string of the molecule is CCN(CC)CCNC1=NCCN1. The first-order chi connectivity index (χ1) is 6.36. The summed E-state index contributed by atoms with van der Waals surface area (Å²) in [5.74, 6) is 0.965. The molecule has 0 bridgehead atoms. The van der Waals surface area contributed by atoms with Crippen LogP contribution in [0, 0.1) is 0 Å². The Hall–Kier alpha value is -0.770. The number of aliphatic imine (C=N–C) groups is 1. The molecule has 0 saturated heterocycles. The summed E-state index contributed by atoms with van der Waals surface area (Å²) in [5.41, 5.74) is 0. The van der Waals surface area contributed by atoms with Gasteiger partial charge in [-0.1, -0.05) is 13.8 Å². The van der Waals surface area contributed by atoms with Crippen molar-refractivity contribution in [3.63, 3.8) is 0 Å². The smallest absolute Gasteiger partial charge is 0.191 e. The Morgan fingerprint density at radius 2 is 2.23 bits per heavy atom. The van der Waals surface area contributed by atoms with E-state index in [1.54, 1.807) is 0 Å². The molecule has 4 nitrogen and oxygen atoms in total. The van der Waals surface area contributed by atoms with E-state index >= 15 is 0 Å². The zero-order valence-electron chi connectivity index (χ0n) is 8.64. The molecule has 0 aromatic carbocycles. The van der Waals surface area contributed by atoms with Gasteiger partial charge >= 0.3 is 0 Å². The van der Waals surface area contributed by atoms with Gasteiger partial charge in [-0.15, -0.1) is 0 Å². The van der Waals surface area contributed by atoms with Gasteiger partial charge in [0.05, 0.1) is 6.54 Å². The maximum absolute atomic E-state index is 4.26. The number of hydrogen-bond donors (Lipinski definition) is 2. The number of nitrogens with one attached hydrogen (secondary N) is 2. The molecule has 76 valence electrons. The van der Waals surface area contributed by atoms with Gasteiger partial charge in [-0.2, -0.15) is 0 Å². The quantitative estimate of drug-likeness (QED) is 0.625. The number of likely N-dealkylation sites (N-methyl/N-ethyl adjacent to an activating group) is 1. The zero-order valence-corrected chi connectivity index (χ0v) is 8.64. The van der Waals surface area contributed by atoms with Gasteiger partial charge in [0.15, 0.2) is 5.96 Å². The van der Waals surface area contributed by atoms with E-state index in [4.69, 9.17) is 0 Å². The molecule has 1 aliphatic heterocycles.